The number of methoxy groups -OCH3 is 1. The van der Waals surface area contributed by atoms with Crippen molar-refractivity contribution in [2.24, 2.45) is 0 Å². The largest absolute Gasteiger partial charge is 0.497 e. The van der Waals surface area contributed by atoms with Crippen LogP contribution in [-0.4, -0.2) is 21.5 Å². The summed E-state index contributed by atoms with van der Waals surface area (Å²) in [7, 11) is 1.68. The number of rotatable bonds is 4. The molecule has 0 atom stereocenters. The van der Waals surface area contributed by atoms with Crippen LogP contribution in [-0.2, 0) is 0 Å². The normalized spacial score (nSPS) is 11.2. The molecule has 0 saturated carbocycles. The third-order valence-electron chi connectivity index (χ3n) is 5.94. The Morgan fingerprint density at radius 1 is 0.706 bits per heavy atom. The topological polar surface area (TPSA) is 39.4 Å². The van der Waals surface area contributed by atoms with Crippen LogP contribution in [0, 0.1) is 0 Å². The fraction of sp³-hybridized carbons (Fsp3) is 0.0345. The van der Waals surface area contributed by atoms with Gasteiger partial charge in [-0.25, -0.2) is 9.97 Å². The second-order valence-electron chi connectivity index (χ2n) is 8.03. The molecular weight excluding hydrogens is 486 g/mol. The highest BCUT2D eigenvalue weighted by Crippen LogP contribution is 2.38. The summed E-state index contributed by atoms with van der Waals surface area (Å²) >= 11 is 3.63. The van der Waals surface area contributed by atoms with E-state index in [1.165, 1.54) is 0 Å². The van der Waals surface area contributed by atoms with Gasteiger partial charge in [-0.15, -0.1) is 0 Å². The van der Waals surface area contributed by atoms with E-state index < -0.39 is 0 Å². The quantitative estimate of drug-likeness (QED) is 0.247. The van der Waals surface area contributed by atoms with E-state index in [1.54, 1.807) is 7.11 Å². The monoisotopic (exact) mass is 505 g/mol. The Balaban J connectivity index is 1.83. The highest BCUT2D eigenvalue weighted by molar-refractivity contribution is 9.10. The average molecular weight is 506 g/mol. The zero-order valence-corrected chi connectivity index (χ0v) is 20.0. The maximum absolute atomic E-state index is 5.54. The van der Waals surface area contributed by atoms with Gasteiger partial charge in [0.1, 0.15) is 17.2 Å². The molecule has 34 heavy (non-hydrogen) atoms. The first-order chi connectivity index (χ1) is 16.7. The Kier molecular flexibility index (Phi) is 5.12. The number of fused-ring (bicyclic) bond motifs is 3. The lowest BCUT2D eigenvalue weighted by molar-refractivity contribution is 0.415. The molecule has 0 saturated heterocycles. The Hall–Kier alpha value is -3.96. The van der Waals surface area contributed by atoms with Gasteiger partial charge in [0.25, 0.3) is 0 Å². The predicted molar refractivity (Wildman–Crippen MR) is 141 cm³/mol. The highest BCUT2D eigenvalue weighted by atomic mass is 79.9. The number of halogens is 1. The maximum atomic E-state index is 5.54. The van der Waals surface area contributed by atoms with Gasteiger partial charge in [0, 0.05) is 26.5 Å². The van der Waals surface area contributed by atoms with E-state index in [0.717, 1.165) is 60.7 Å². The smallest absolute Gasteiger partial charge is 0.149 e. The minimum Gasteiger partial charge on any atom is -0.497 e. The van der Waals surface area contributed by atoms with Crippen molar-refractivity contribution >= 4 is 32.5 Å². The zero-order chi connectivity index (χ0) is 23.1. The molecule has 0 aliphatic rings. The summed E-state index contributed by atoms with van der Waals surface area (Å²) in [6.07, 6.45) is 0. The second kappa shape index (κ2) is 8.43. The number of hydrogen-bond donors (Lipinski definition) is 0. The second-order valence-corrected chi connectivity index (χ2v) is 8.94. The predicted octanol–water partition coefficient (Wildman–Crippen LogP) is 7.65. The van der Waals surface area contributed by atoms with Crippen LogP contribution in [0.2, 0.25) is 0 Å². The maximum Gasteiger partial charge on any atom is 0.149 e. The minimum absolute atomic E-state index is 0.775. The molecule has 4 nitrogen and oxygen atoms in total. The average Bonchev–Trinajstić information content (AvgIpc) is 3.30. The molecule has 2 heterocycles. The van der Waals surface area contributed by atoms with Gasteiger partial charge >= 0.3 is 0 Å². The van der Waals surface area contributed by atoms with E-state index in [2.05, 4.69) is 68.9 Å². The van der Waals surface area contributed by atoms with E-state index in [4.69, 9.17) is 14.7 Å². The first-order valence-electron chi connectivity index (χ1n) is 11.0. The summed E-state index contributed by atoms with van der Waals surface area (Å²) in [4.78, 5) is 10.4. The Bertz CT molecular complexity index is 1640. The van der Waals surface area contributed by atoms with Crippen molar-refractivity contribution in [1.29, 1.82) is 0 Å². The summed E-state index contributed by atoms with van der Waals surface area (Å²) in [6.45, 7) is 0. The highest BCUT2D eigenvalue weighted by Gasteiger charge is 2.22. The Morgan fingerprint density at radius 3 is 2.12 bits per heavy atom. The van der Waals surface area contributed by atoms with Gasteiger partial charge in [-0.1, -0.05) is 88.7 Å². The number of hydrogen-bond acceptors (Lipinski definition) is 3. The van der Waals surface area contributed by atoms with Crippen molar-refractivity contribution in [3.8, 4) is 39.7 Å². The van der Waals surface area contributed by atoms with Crippen LogP contribution < -0.4 is 4.74 Å². The van der Waals surface area contributed by atoms with E-state index in [9.17, 15) is 0 Å². The van der Waals surface area contributed by atoms with Gasteiger partial charge in [-0.2, -0.15) is 0 Å². The molecule has 0 spiro atoms. The third kappa shape index (κ3) is 3.45. The lowest BCUT2D eigenvalue weighted by Crippen LogP contribution is -2.00. The Labute approximate surface area is 205 Å². The van der Waals surface area contributed by atoms with Crippen LogP contribution in [0.3, 0.4) is 0 Å². The number of imidazole rings is 1. The molecule has 0 aliphatic heterocycles. The van der Waals surface area contributed by atoms with Crippen LogP contribution >= 0.6 is 15.9 Å². The van der Waals surface area contributed by atoms with Gasteiger partial charge in [0.15, 0.2) is 0 Å². The summed E-state index contributed by atoms with van der Waals surface area (Å²) in [5, 5.41) is 0.942. The number of ether oxygens (including phenoxy) is 1. The lowest BCUT2D eigenvalue weighted by Gasteiger charge is -2.13. The summed E-state index contributed by atoms with van der Waals surface area (Å²) in [5.74, 6) is 1.61. The van der Waals surface area contributed by atoms with E-state index in [-0.39, 0.29) is 0 Å². The first-order valence-corrected chi connectivity index (χ1v) is 11.8. The molecule has 4 aromatic carbocycles. The van der Waals surface area contributed by atoms with Crippen molar-refractivity contribution in [3.05, 3.63) is 108 Å². The minimum atomic E-state index is 0.775. The first kappa shape index (κ1) is 20.6. The van der Waals surface area contributed by atoms with Crippen molar-refractivity contribution < 1.29 is 4.74 Å². The van der Waals surface area contributed by atoms with Crippen LogP contribution in [0.5, 0.6) is 5.75 Å². The van der Waals surface area contributed by atoms with Gasteiger partial charge in [0.05, 0.1) is 24.0 Å². The summed E-state index contributed by atoms with van der Waals surface area (Å²) < 4.78 is 8.72. The molecule has 0 bridgehead atoms. The number of nitrogens with zero attached hydrogens (tertiary/aromatic N) is 3. The van der Waals surface area contributed by atoms with Gasteiger partial charge < -0.3 is 4.74 Å². The standard InChI is InChI=1S/C29H20BrN3O/c1-34-23-15-16-25-24(18-23)29-32-26(19-9-4-2-5-10-19)27(20-11-6-3-7-12-20)33(29)28(31-25)21-13-8-14-22(30)17-21/h2-18H,1H3. The van der Waals surface area contributed by atoms with Crippen molar-refractivity contribution in [2.75, 3.05) is 7.11 Å². The molecule has 2 aromatic heterocycles. The van der Waals surface area contributed by atoms with E-state index in [0.29, 0.717) is 0 Å². The van der Waals surface area contributed by atoms with Crippen LogP contribution in [0.1, 0.15) is 0 Å². The van der Waals surface area contributed by atoms with Gasteiger partial charge in [-0.3, -0.25) is 4.40 Å². The van der Waals surface area contributed by atoms with Crippen LogP contribution in [0.25, 0.3) is 50.5 Å². The van der Waals surface area contributed by atoms with Crippen LogP contribution in [0.4, 0.5) is 0 Å². The molecule has 164 valence electrons. The molecule has 0 radical (unpaired) electrons. The molecule has 6 aromatic rings. The molecule has 0 amide bonds. The Morgan fingerprint density at radius 2 is 1.41 bits per heavy atom. The molecule has 6 rings (SSSR count). The van der Waals surface area contributed by atoms with Crippen LogP contribution in [0.15, 0.2) is 108 Å². The van der Waals surface area contributed by atoms with Gasteiger partial charge in [-0.05, 0) is 30.3 Å². The number of aromatic nitrogens is 3. The van der Waals surface area contributed by atoms with Gasteiger partial charge in [0.2, 0.25) is 0 Å². The molecule has 0 unspecified atom stereocenters. The van der Waals surface area contributed by atoms with E-state index >= 15 is 0 Å². The number of benzene rings is 4. The van der Waals surface area contributed by atoms with Crippen molar-refractivity contribution in [1.82, 2.24) is 14.4 Å². The third-order valence-corrected chi connectivity index (χ3v) is 6.43. The summed E-state index contributed by atoms with van der Waals surface area (Å²) in [6, 6.07) is 34.9. The molecule has 0 fully saturated rings. The molecule has 0 N–H and O–H groups in total. The fourth-order valence-electron chi connectivity index (χ4n) is 4.37. The fourth-order valence-corrected chi connectivity index (χ4v) is 4.77. The summed E-state index contributed by atoms with van der Waals surface area (Å²) in [5.41, 5.74) is 6.78. The van der Waals surface area contributed by atoms with E-state index in [1.807, 2.05) is 54.6 Å². The molecular formula is C29H20BrN3O. The zero-order valence-electron chi connectivity index (χ0n) is 18.4. The molecule has 5 heteroatoms. The SMILES string of the molecule is COc1ccc2nc(-c3cccc(Br)c3)n3c(-c4ccccc4)c(-c4ccccc4)nc3c2c1. The van der Waals surface area contributed by atoms with Crippen molar-refractivity contribution in [2.45, 2.75) is 0 Å². The lowest BCUT2D eigenvalue weighted by atomic mass is 10.0. The van der Waals surface area contributed by atoms with Crippen molar-refractivity contribution in [3.63, 3.8) is 0 Å². The molecule has 0 aliphatic carbocycles.